The molecule has 10 heavy (non-hydrogen) atoms. The van der Waals surface area contributed by atoms with E-state index in [9.17, 15) is 4.79 Å². The predicted molar refractivity (Wildman–Crippen MR) is 41.2 cm³/mol. The summed E-state index contributed by atoms with van der Waals surface area (Å²) in [6.45, 7) is 3.35. The molecule has 0 fully saturated rings. The first-order chi connectivity index (χ1) is 4.66. The molecule has 0 radical (unpaired) electrons. The number of aliphatic carboxylic acids is 1. The van der Waals surface area contributed by atoms with Crippen molar-refractivity contribution in [3.05, 3.63) is 12.7 Å². The van der Waals surface area contributed by atoms with Crippen LogP contribution in [0.4, 0.5) is 0 Å². The predicted octanol–water partition coefficient (Wildman–Crippen LogP) is 0.351. The molecule has 2 N–H and O–H groups in total. The highest BCUT2D eigenvalue weighted by molar-refractivity contribution is 7.99. The SMILES string of the molecule is C=C[C@H](O)CSCC(=O)O. The Hall–Kier alpha value is -0.480. The number of hydrogen-bond acceptors (Lipinski definition) is 3. The molecular weight excluding hydrogens is 152 g/mol. The third-order valence-corrected chi connectivity index (χ3v) is 1.81. The number of rotatable bonds is 5. The molecule has 0 aliphatic rings. The van der Waals surface area contributed by atoms with Crippen LogP contribution in [0.3, 0.4) is 0 Å². The molecular formula is C6H10O3S. The molecule has 0 bridgehead atoms. The van der Waals surface area contributed by atoms with Gasteiger partial charge in [0.2, 0.25) is 0 Å². The van der Waals surface area contributed by atoms with Crippen molar-refractivity contribution in [1.29, 1.82) is 0 Å². The maximum atomic E-state index is 9.94. The minimum absolute atomic E-state index is 0.0326. The summed E-state index contributed by atoms with van der Waals surface area (Å²) in [7, 11) is 0. The van der Waals surface area contributed by atoms with Gasteiger partial charge in [0.15, 0.2) is 0 Å². The summed E-state index contributed by atoms with van der Waals surface area (Å²) in [6.07, 6.45) is 0.791. The van der Waals surface area contributed by atoms with Crippen LogP contribution in [0.5, 0.6) is 0 Å². The molecule has 0 aliphatic carbocycles. The number of aliphatic hydroxyl groups is 1. The average Bonchev–Trinajstić information content (AvgIpc) is 1.87. The highest BCUT2D eigenvalue weighted by atomic mass is 32.2. The van der Waals surface area contributed by atoms with E-state index in [2.05, 4.69) is 6.58 Å². The molecule has 0 amide bonds. The van der Waals surface area contributed by atoms with Gasteiger partial charge in [-0.05, 0) is 0 Å². The van der Waals surface area contributed by atoms with Crippen molar-refractivity contribution < 1.29 is 15.0 Å². The maximum Gasteiger partial charge on any atom is 0.313 e. The number of carbonyl (C=O) groups is 1. The van der Waals surface area contributed by atoms with Gasteiger partial charge >= 0.3 is 5.97 Å². The minimum atomic E-state index is -0.860. The summed E-state index contributed by atoms with van der Waals surface area (Å²) in [6, 6.07) is 0. The minimum Gasteiger partial charge on any atom is -0.481 e. The Balaban J connectivity index is 3.19. The molecule has 0 unspecified atom stereocenters. The molecule has 0 saturated heterocycles. The van der Waals surface area contributed by atoms with Crippen molar-refractivity contribution in [3.63, 3.8) is 0 Å². The van der Waals surface area contributed by atoms with E-state index in [0.29, 0.717) is 5.75 Å². The quantitative estimate of drug-likeness (QED) is 0.573. The Labute approximate surface area is 63.7 Å². The monoisotopic (exact) mass is 162 g/mol. The molecule has 0 aliphatic heterocycles. The zero-order valence-electron chi connectivity index (χ0n) is 5.49. The van der Waals surface area contributed by atoms with Crippen molar-refractivity contribution in [2.24, 2.45) is 0 Å². The number of carboxylic acid groups (broad SMARTS) is 1. The van der Waals surface area contributed by atoms with Gasteiger partial charge in [-0.3, -0.25) is 4.79 Å². The molecule has 0 aromatic rings. The summed E-state index contributed by atoms with van der Waals surface area (Å²) in [5, 5.41) is 17.0. The van der Waals surface area contributed by atoms with Crippen LogP contribution in [0.1, 0.15) is 0 Å². The molecule has 4 heteroatoms. The van der Waals surface area contributed by atoms with E-state index in [0.717, 1.165) is 0 Å². The van der Waals surface area contributed by atoms with Gasteiger partial charge in [-0.25, -0.2) is 0 Å². The topological polar surface area (TPSA) is 57.5 Å². The van der Waals surface area contributed by atoms with Crippen LogP contribution >= 0.6 is 11.8 Å². The van der Waals surface area contributed by atoms with Crippen LogP contribution in [0.2, 0.25) is 0 Å². The zero-order valence-corrected chi connectivity index (χ0v) is 6.30. The fraction of sp³-hybridized carbons (Fsp3) is 0.500. The Morgan fingerprint density at radius 1 is 1.80 bits per heavy atom. The van der Waals surface area contributed by atoms with E-state index in [-0.39, 0.29) is 5.75 Å². The Morgan fingerprint density at radius 3 is 2.80 bits per heavy atom. The lowest BCUT2D eigenvalue weighted by atomic mass is 10.4. The summed E-state index contributed by atoms with van der Waals surface area (Å²) in [5.41, 5.74) is 0. The van der Waals surface area contributed by atoms with E-state index < -0.39 is 12.1 Å². The molecule has 0 spiro atoms. The van der Waals surface area contributed by atoms with Gasteiger partial charge in [-0.1, -0.05) is 6.08 Å². The van der Waals surface area contributed by atoms with E-state index in [1.807, 2.05) is 0 Å². The normalized spacial score (nSPS) is 12.5. The standard InChI is InChI=1S/C6H10O3S/c1-2-5(7)3-10-4-6(8)9/h2,5,7H,1,3-4H2,(H,8,9)/t5-/m0/s1. The second-order valence-electron chi connectivity index (χ2n) is 1.71. The maximum absolute atomic E-state index is 9.94. The van der Waals surface area contributed by atoms with Crippen molar-refractivity contribution >= 4 is 17.7 Å². The fourth-order valence-corrected chi connectivity index (χ4v) is 1.01. The summed E-state index contributed by atoms with van der Waals surface area (Å²) >= 11 is 1.17. The number of carboxylic acids is 1. The van der Waals surface area contributed by atoms with Crippen LogP contribution in [0.15, 0.2) is 12.7 Å². The van der Waals surface area contributed by atoms with Crippen molar-refractivity contribution in [2.45, 2.75) is 6.10 Å². The van der Waals surface area contributed by atoms with Gasteiger partial charge in [0.25, 0.3) is 0 Å². The first-order valence-electron chi connectivity index (χ1n) is 2.77. The number of aliphatic hydroxyl groups excluding tert-OH is 1. The Morgan fingerprint density at radius 2 is 2.40 bits per heavy atom. The third-order valence-electron chi connectivity index (χ3n) is 0.786. The average molecular weight is 162 g/mol. The molecule has 1 atom stereocenters. The third kappa shape index (κ3) is 5.65. The molecule has 0 saturated carbocycles. The Kier molecular flexibility index (Phi) is 5.06. The second-order valence-corrected chi connectivity index (χ2v) is 2.74. The van der Waals surface area contributed by atoms with Crippen LogP contribution in [0, 0.1) is 0 Å². The van der Waals surface area contributed by atoms with E-state index in [1.165, 1.54) is 17.8 Å². The summed E-state index contributed by atoms with van der Waals surface area (Å²) in [5.74, 6) is -0.429. The lowest BCUT2D eigenvalue weighted by Crippen LogP contribution is -2.08. The van der Waals surface area contributed by atoms with E-state index >= 15 is 0 Å². The van der Waals surface area contributed by atoms with Crippen LogP contribution in [-0.4, -0.2) is 33.8 Å². The van der Waals surface area contributed by atoms with Gasteiger partial charge in [-0.15, -0.1) is 18.3 Å². The molecule has 3 nitrogen and oxygen atoms in total. The largest absolute Gasteiger partial charge is 0.481 e. The highest BCUT2D eigenvalue weighted by Crippen LogP contribution is 2.02. The van der Waals surface area contributed by atoms with E-state index in [4.69, 9.17) is 10.2 Å². The molecule has 0 heterocycles. The fourth-order valence-electron chi connectivity index (χ4n) is 0.335. The first kappa shape index (κ1) is 9.52. The smallest absolute Gasteiger partial charge is 0.313 e. The molecule has 0 aromatic heterocycles. The highest BCUT2D eigenvalue weighted by Gasteiger charge is 2.00. The van der Waals surface area contributed by atoms with Crippen LogP contribution in [-0.2, 0) is 4.79 Å². The van der Waals surface area contributed by atoms with Crippen molar-refractivity contribution in [3.8, 4) is 0 Å². The van der Waals surface area contributed by atoms with Gasteiger partial charge in [0, 0.05) is 5.75 Å². The lowest BCUT2D eigenvalue weighted by Gasteiger charge is -2.00. The second kappa shape index (κ2) is 5.32. The molecule has 58 valence electrons. The van der Waals surface area contributed by atoms with Crippen molar-refractivity contribution in [2.75, 3.05) is 11.5 Å². The van der Waals surface area contributed by atoms with Gasteiger partial charge in [-0.2, -0.15) is 0 Å². The molecule has 0 aromatic carbocycles. The van der Waals surface area contributed by atoms with Crippen molar-refractivity contribution in [1.82, 2.24) is 0 Å². The number of hydrogen-bond donors (Lipinski definition) is 2. The molecule has 0 rings (SSSR count). The van der Waals surface area contributed by atoms with Crippen LogP contribution in [0.25, 0.3) is 0 Å². The zero-order chi connectivity index (χ0) is 7.98. The van der Waals surface area contributed by atoms with Crippen LogP contribution < -0.4 is 0 Å². The lowest BCUT2D eigenvalue weighted by molar-refractivity contribution is -0.133. The van der Waals surface area contributed by atoms with Gasteiger partial charge in [0.1, 0.15) is 0 Å². The van der Waals surface area contributed by atoms with Gasteiger partial charge in [0.05, 0.1) is 11.9 Å². The summed E-state index contributed by atoms with van der Waals surface area (Å²) < 4.78 is 0. The summed E-state index contributed by atoms with van der Waals surface area (Å²) in [4.78, 5) is 9.94. The number of thioether (sulfide) groups is 1. The van der Waals surface area contributed by atoms with Gasteiger partial charge < -0.3 is 10.2 Å². The Bertz CT molecular complexity index is 124. The first-order valence-corrected chi connectivity index (χ1v) is 3.92. The van der Waals surface area contributed by atoms with E-state index in [1.54, 1.807) is 0 Å².